The Morgan fingerprint density at radius 3 is 2.74 bits per heavy atom. The van der Waals surface area contributed by atoms with Crippen LogP contribution in [0, 0.1) is 0 Å². The predicted octanol–water partition coefficient (Wildman–Crippen LogP) is -0.599. The fraction of sp³-hybridized carbons (Fsp3) is 0.545. The Bertz CT molecular complexity index is 470. The van der Waals surface area contributed by atoms with Crippen molar-refractivity contribution in [2.45, 2.75) is 26.8 Å². The van der Waals surface area contributed by atoms with Gasteiger partial charge in [0.1, 0.15) is 0 Å². The molecule has 8 nitrogen and oxygen atoms in total. The fourth-order valence-corrected chi connectivity index (χ4v) is 1.67. The number of aromatic nitrogens is 2. The van der Waals surface area contributed by atoms with E-state index in [-0.39, 0.29) is 18.5 Å². The molecule has 1 heterocycles. The molecule has 3 N–H and O–H groups in total. The largest absolute Gasteiger partial charge is 0.371 e. The molecule has 0 aliphatic rings. The zero-order valence-electron chi connectivity index (χ0n) is 11.1. The third kappa shape index (κ3) is 4.34. The van der Waals surface area contributed by atoms with Crippen molar-refractivity contribution in [1.82, 2.24) is 15.4 Å². The van der Waals surface area contributed by atoms with Crippen LogP contribution in [-0.4, -0.2) is 28.8 Å². The number of hydrogen-bond acceptors (Lipinski definition) is 7. The highest BCUT2D eigenvalue weighted by atomic mass is 16.7. The SMILES string of the molecule is CCN(CC)c1cnn(CCC(=O)ONN)c(=O)c1. The second-order valence-electron chi connectivity index (χ2n) is 3.79. The molecule has 0 aliphatic carbocycles. The van der Waals surface area contributed by atoms with Gasteiger partial charge >= 0.3 is 5.97 Å². The molecule has 0 radical (unpaired) electrons. The predicted molar refractivity (Wildman–Crippen MR) is 70.1 cm³/mol. The number of anilines is 1. The second kappa shape index (κ2) is 7.49. The van der Waals surface area contributed by atoms with Crippen molar-refractivity contribution < 1.29 is 9.63 Å². The Morgan fingerprint density at radius 1 is 1.53 bits per heavy atom. The van der Waals surface area contributed by atoms with Crippen molar-refractivity contribution in [3.05, 3.63) is 22.6 Å². The van der Waals surface area contributed by atoms with Gasteiger partial charge in [0.05, 0.1) is 24.8 Å². The molecular formula is C11H19N5O3. The van der Waals surface area contributed by atoms with Crippen LogP contribution in [0.1, 0.15) is 20.3 Å². The van der Waals surface area contributed by atoms with Crippen LogP contribution in [-0.2, 0) is 16.2 Å². The number of hydrogen-bond donors (Lipinski definition) is 2. The molecule has 0 spiro atoms. The van der Waals surface area contributed by atoms with E-state index in [9.17, 15) is 9.59 Å². The summed E-state index contributed by atoms with van der Waals surface area (Å²) in [6.07, 6.45) is 1.63. The summed E-state index contributed by atoms with van der Waals surface area (Å²) >= 11 is 0. The van der Waals surface area contributed by atoms with Gasteiger partial charge < -0.3 is 9.74 Å². The minimum absolute atomic E-state index is 0.0156. The lowest BCUT2D eigenvalue weighted by molar-refractivity contribution is -0.151. The monoisotopic (exact) mass is 269 g/mol. The molecule has 0 saturated carbocycles. The lowest BCUT2D eigenvalue weighted by Gasteiger charge is -2.20. The van der Waals surface area contributed by atoms with Gasteiger partial charge in [0, 0.05) is 19.2 Å². The van der Waals surface area contributed by atoms with Crippen molar-refractivity contribution in [3.63, 3.8) is 0 Å². The van der Waals surface area contributed by atoms with Gasteiger partial charge in [-0.25, -0.2) is 10.5 Å². The number of hydrazine groups is 1. The first kappa shape index (κ1) is 15.1. The quantitative estimate of drug-likeness (QED) is 0.503. The first-order valence-electron chi connectivity index (χ1n) is 6.09. The number of rotatable bonds is 7. The highest BCUT2D eigenvalue weighted by Crippen LogP contribution is 2.08. The number of carbonyl (C=O) groups is 1. The molecule has 0 amide bonds. The minimum atomic E-state index is -0.552. The number of carbonyl (C=O) groups excluding carboxylic acids is 1. The minimum Gasteiger partial charge on any atom is -0.371 e. The van der Waals surface area contributed by atoms with Crippen molar-refractivity contribution in [2.75, 3.05) is 18.0 Å². The molecule has 0 fully saturated rings. The van der Waals surface area contributed by atoms with Crippen molar-refractivity contribution in [1.29, 1.82) is 0 Å². The summed E-state index contributed by atoms with van der Waals surface area (Å²) in [4.78, 5) is 29.3. The first-order valence-corrected chi connectivity index (χ1v) is 6.09. The van der Waals surface area contributed by atoms with Crippen molar-refractivity contribution in [3.8, 4) is 0 Å². The number of aryl methyl sites for hydroxylation is 1. The number of nitrogens with two attached hydrogens (primary N) is 1. The summed E-state index contributed by atoms with van der Waals surface area (Å²) in [6.45, 7) is 5.76. The molecule has 0 bridgehead atoms. The van der Waals surface area contributed by atoms with Crippen molar-refractivity contribution in [2.24, 2.45) is 5.84 Å². The molecule has 19 heavy (non-hydrogen) atoms. The summed E-state index contributed by atoms with van der Waals surface area (Å²) in [5.41, 5.74) is 2.32. The van der Waals surface area contributed by atoms with Gasteiger partial charge in [-0.1, -0.05) is 5.59 Å². The summed E-state index contributed by atoms with van der Waals surface area (Å²) in [6, 6.07) is 1.51. The van der Waals surface area contributed by atoms with Crippen molar-refractivity contribution >= 4 is 11.7 Å². The van der Waals surface area contributed by atoms with E-state index in [0.717, 1.165) is 18.8 Å². The average molecular weight is 269 g/mol. The summed E-state index contributed by atoms with van der Waals surface area (Å²) < 4.78 is 1.21. The van der Waals surface area contributed by atoms with E-state index in [2.05, 4.69) is 9.94 Å². The fourth-order valence-electron chi connectivity index (χ4n) is 1.67. The Kier molecular flexibility index (Phi) is 5.97. The van der Waals surface area contributed by atoms with Gasteiger partial charge in [0.2, 0.25) is 0 Å². The number of nitrogens with zero attached hydrogens (tertiary/aromatic N) is 3. The van der Waals surface area contributed by atoms with E-state index >= 15 is 0 Å². The molecule has 1 aromatic rings. The van der Waals surface area contributed by atoms with E-state index < -0.39 is 5.97 Å². The van der Waals surface area contributed by atoms with E-state index in [1.165, 1.54) is 10.7 Å². The molecule has 0 unspecified atom stereocenters. The molecule has 0 aliphatic heterocycles. The maximum atomic E-state index is 11.8. The summed E-state index contributed by atoms with van der Waals surface area (Å²) in [7, 11) is 0. The van der Waals surface area contributed by atoms with Crippen LogP contribution in [0.25, 0.3) is 0 Å². The van der Waals surface area contributed by atoms with Gasteiger partial charge in [0.25, 0.3) is 5.56 Å². The van der Waals surface area contributed by atoms with E-state index in [4.69, 9.17) is 5.84 Å². The lowest BCUT2D eigenvalue weighted by Crippen LogP contribution is -2.30. The van der Waals surface area contributed by atoms with Crippen LogP contribution in [0.3, 0.4) is 0 Å². The molecule has 106 valence electrons. The molecule has 0 aromatic carbocycles. The summed E-state index contributed by atoms with van der Waals surface area (Å²) in [5.74, 6) is 4.28. The van der Waals surface area contributed by atoms with Crippen LogP contribution in [0.5, 0.6) is 0 Å². The Balaban J connectivity index is 2.72. The van der Waals surface area contributed by atoms with Gasteiger partial charge in [-0.2, -0.15) is 5.10 Å². The standard InChI is InChI=1S/C11H19N5O3/c1-3-15(4-2)9-7-10(17)16(13-8-9)6-5-11(18)19-14-12/h7-8,14H,3-6,12H2,1-2H3. The summed E-state index contributed by atoms with van der Waals surface area (Å²) in [5, 5.41) is 4.03. The molecule has 0 atom stereocenters. The van der Waals surface area contributed by atoms with E-state index in [1.54, 1.807) is 11.8 Å². The zero-order chi connectivity index (χ0) is 14.3. The maximum Gasteiger partial charge on any atom is 0.328 e. The topological polar surface area (TPSA) is 102 Å². The van der Waals surface area contributed by atoms with Crippen LogP contribution in [0.2, 0.25) is 0 Å². The highest BCUT2D eigenvalue weighted by Gasteiger charge is 2.08. The van der Waals surface area contributed by atoms with Gasteiger partial charge in [-0.05, 0) is 13.8 Å². The smallest absolute Gasteiger partial charge is 0.328 e. The average Bonchev–Trinajstić information content (AvgIpc) is 2.39. The van der Waals surface area contributed by atoms with Gasteiger partial charge in [-0.3, -0.25) is 9.59 Å². The third-order valence-corrected chi connectivity index (χ3v) is 2.68. The van der Waals surface area contributed by atoms with Crippen LogP contribution < -0.4 is 21.9 Å². The number of nitrogens with one attached hydrogen (secondary N) is 1. The van der Waals surface area contributed by atoms with Crippen LogP contribution >= 0.6 is 0 Å². The Hall–Kier alpha value is -1.93. The van der Waals surface area contributed by atoms with Crippen LogP contribution in [0.15, 0.2) is 17.1 Å². The van der Waals surface area contributed by atoms with Gasteiger partial charge in [0.15, 0.2) is 0 Å². The van der Waals surface area contributed by atoms with Crippen LogP contribution in [0.4, 0.5) is 5.69 Å². The third-order valence-electron chi connectivity index (χ3n) is 2.68. The maximum absolute atomic E-state index is 11.8. The first-order chi connectivity index (χ1) is 9.12. The zero-order valence-corrected chi connectivity index (χ0v) is 11.1. The Morgan fingerprint density at radius 2 is 2.21 bits per heavy atom. The van der Waals surface area contributed by atoms with E-state index in [1.807, 2.05) is 18.7 Å². The second-order valence-corrected chi connectivity index (χ2v) is 3.79. The molecule has 1 aromatic heterocycles. The van der Waals surface area contributed by atoms with E-state index in [0.29, 0.717) is 0 Å². The molecule has 8 heteroatoms. The molecular weight excluding hydrogens is 250 g/mol. The molecule has 1 rings (SSSR count). The highest BCUT2D eigenvalue weighted by molar-refractivity contribution is 5.68. The normalized spacial score (nSPS) is 10.3. The lowest BCUT2D eigenvalue weighted by atomic mass is 10.3. The van der Waals surface area contributed by atoms with Gasteiger partial charge in [-0.15, -0.1) is 0 Å². The Labute approximate surface area is 111 Å². The molecule has 0 saturated heterocycles.